The van der Waals surface area contributed by atoms with E-state index in [1.54, 1.807) is 4.57 Å². The number of aryl methyl sites for hydroxylation is 1. The van der Waals surface area contributed by atoms with Crippen LogP contribution in [0.5, 0.6) is 0 Å². The topological polar surface area (TPSA) is 48.0 Å². The zero-order valence-electron chi connectivity index (χ0n) is 15.1. The third kappa shape index (κ3) is 6.00. The molecule has 0 aromatic carbocycles. The molecule has 0 aliphatic heterocycles. The largest absolute Gasteiger partial charge is 0.442 e. The van der Waals surface area contributed by atoms with Gasteiger partial charge in [-0.15, -0.1) is 0 Å². The van der Waals surface area contributed by atoms with Crippen LogP contribution in [0.2, 0.25) is 0 Å². The average Bonchev–Trinajstić information content (AvgIpc) is 2.96. The fraction of sp³-hybridized carbons (Fsp3) is 0.684. The van der Waals surface area contributed by atoms with E-state index in [1.807, 2.05) is 24.0 Å². The highest BCUT2D eigenvalue weighted by Gasteiger charge is 2.08. The van der Waals surface area contributed by atoms with E-state index in [0.29, 0.717) is 5.71 Å². The molecule has 0 N–H and O–H groups in total. The molecule has 0 radical (unpaired) electrons. The van der Waals surface area contributed by atoms with Crippen LogP contribution in [0.25, 0.3) is 11.1 Å². The van der Waals surface area contributed by atoms with Gasteiger partial charge in [0.05, 0.1) is 11.1 Å². The van der Waals surface area contributed by atoms with Crippen molar-refractivity contribution in [3.8, 4) is 0 Å². The SMILES string of the molecule is CCCCCCCCSCc1cc2cn(CCCC)c(=O)nc2o1. The second kappa shape index (κ2) is 10.6. The molecule has 0 saturated heterocycles. The summed E-state index contributed by atoms with van der Waals surface area (Å²) >= 11 is 1.90. The van der Waals surface area contributed by atoms with Crippen LogP contribution in [0, 0.1) is 0 Å². The third-order valence-electron chi connectivity index (χ3n) is 4.17. The molecule has 0 saturated carbocycles. The number of rotatable bonds is 12. The summed E-state index contributed by atoms with van der Waals surface area (Å²) in [7, 11) is 0. The molecule has 0 aliphatic rings. The van der Waals surface area contributed by atoms with E-state index >= 15 is 0 Å². The van der Waals surface area contributed by atoms with Crippen LogP contribution in [0.1, 0.15) is 71.0 Å². The first-order chi connectivity index (χ1) is 11.7. The van der Waals surface area contributed by atoms with E-state index in [2.05, 4.69) is 18.8 Å². The Balaban J connectivity index is 1.79. The minimum absolute atomic E-state index is 0.211. The van der Waals surface area contributed by atoms with E-state index in [0.717, 1.165) is 36.3 Å². The van der Waals surface area contributed by atoms with E-state index in [1.165, 1.54) is 44.3 Å². The lowest BCUT2D eigenvalue weighted by Crippen LogP contribution is -2.21. The number of fused-ring (bicyclic) bond motifs is 1. The van der Waals surface area contributed by atoms with Crippen LogP contribution in [-0.4, -0.2) is 15.3 Å². The van der Waals surface area contributed by atoms with E-state index in [-0.39, 0.29) is 5.69 Å². The Labute approximate surface area is 149 Å². The smallest absolute Gasteiger partial charge is 0.350 e. The molecule has 0 unspecified atom stereocenters. The van der Waals surface area contributed by atoms with Crippen LogP contribution < -0.4 is 5.69 Å². The Morgan fingerprint density at radius 3 is 2.62 bits per heavy atom. The van der Waals surface area contributed by atoms with Crippen molar-refractivity contribution >= 4 is 22.9 Å². The molecule has 134 valence electrons. The molecule has 4 nitrogen and oxygen atoms in total. The van der Waals surface area contributed by atoms with Crippen molar-refractivity contribution in [2.75, 3.05) is 5.75 Å². The normalized spacial score (nSPS) is 11.4. The number of furan rings is 1. The fourth-order valence-electron chi connectivity index (χ4n) is 2.72. The highest BCUT2D eigenvalue weighted by molar-refractivity contribution is 7.98. The minimum atomic E-state index is -0.211. The highest BCUT2D eigenvalue weighted by atomic mass is 32.2. The minimum Gasteiger partial charge on any atom is -0.442 e. The molecule has 24 heavy (non-hydrogen) atoms. The Morgan fingerprint density at radius 1 is 1.08 bits per heavy atom. The summed E-state index contributed by atoms with van der Waals surface area (Å²) in [6.45, 7) is 5.10. The number of nitrogens with zero attached hydrogens (tertiary/aromatic N) is 2. The number of thioether (sulfide) groups is 1. The lowest BCUT2D eigenvalue weighted by Gasteiger charge is -2.02. The Hall–Kier alpha value is -1.23. The maximum atomic E-state index is 11.9. The van der Waals surface area contributed by atoms with Crippen molar-refractivity contribution in [3.63, 3.8) is 0 Å². The van der Waals surface area contributed by atoms with Gasteiger partial charge in [0.25, 0.3) is 0 Å². The van der Waals surface area contributed by atoms with Gasteiger partial charge in [-0.1, -0.05) is 52.4 Å². The zero-order valence-corrected chi connectivity index (χ0v) is 15.9. The van der Waals surface area contributed by atoms with Crippen molar-refractivity contribution < 1.29 is 4.42 Å². The second-order valence-corrected chi connectivity index (χ2v) is 7.47. The van der Waals surface area contributed by atoms with Gasteiger partial charge in [0.1, 0.15) is 5.76 Å². The van der Waals surface area contributed by atoms with E-state index < -0.39 is 0 Å². The van der Waals surface area contributed by atoms with E-state index in [4.69, 9.17) is 4.42 Å². The van der Waals surface area contributed by atoms with Gasteiger partial charge < -0.3 is 4.42 Å². The second-order valence-electron chi connectivity index (χ2n) is 6.36. The first kappa shape index (κ1) is 19.1. The molecule has 0 spiro atoms. The lowest BCUT2D eigenvalue weighted by molar-refractivity contribution is 0.551. The molecule has 2 heterocycles. The van der Waals surface area contributed by atoms with Gasteiger partial charge in [-0.25, -0.2) is 4.79 Å². The van der Waals surface area contributed by atoms with E-state index in [9.17, 15) is 4.79 Å². The summed E-state index contributed by atoms with van der Waals surface area (Å²) in [5.74, 6) is 2.94. The molecular weight excluding hydrogens is 320 g/mol. The summed E-state index contributed by atoms with van der Waals surface area (Å²) < 4.78 is 7.41. The molecule has 0 aliphatic carbocycles. The summed E-state index contributed by atoms with van der Waals surface area (Å²) in [6, 6.07) is 2.03. The number of aromatic nitrogens is 2. The Bertz CT molecular complexity index is 663. The van der Waals surface area contributed by atoms with Gasteiger partial charge in [-0.3, -0.25) is 4.57 Å². The quantitative estimate of drug-likeness (QED) is 0.482. The van der Waals surface area contributed by atoms with Crippen LogP contribution >= 0.6 is 11.8 Å². The lowest BCUT2D eigenvalue weighted by atomic mass is 10.1. The first-order valence-electron chi connectivity index (χ1n) is 9.32. The maximum Gasteiger partial charge on any atom is 0.350 e. The van der Waals surface area contributed by atoms with Crippen LogP contribution in [0.3, 0.4) is 0 Å². The van der Waals surface area contributed by atoms with Crippen molar-refractivity contribution in [3.05, 3.63) is 28.5 Å². The predicted molar refractivity (Wildman–Crippen MR) is 103 cm³/mol. The van der Waals surface area contributed by atoms with Crippen LogP contribution in [-0.2, 0) is 12.3 Å². The molecular formula is C19H30N2O2S. The van der Waals surface area contributed by atoms with Crippen molar-refractivity contribution in [1.82, 2.24) is 9.55 Å². The van der Waals surface area contributed by atoms with Crippen molar-refractivity contribution in [1.29, 1.82) is 0 Å². The van der Waals surface area contributed by atoms with Crippen molar-refractivity contribution in [2.24, 2.45) is 0 Å². The maximum absolute atomic E-state index is 11.9. The fourth-order valence-corrected chi connectivity index (χ4v) is 3.61. The molecule has 0 atom stereocenters. The highest BCUT2D eigenvalue weighted by Crippen LogP contribution is 2.21. The molecule has 2 rings (SSSR count). The van der Waals surface area contributed by atoms with Gasteiger partial charge in [-0.05, 0) is 24.7 Å². The average molecular weight is 351 g/mol. The summed E-state index contributed by atoms with van der Waals surface area (Å²) in [5, 5.41) is 0.931. The summed E-state index contributed by atoms with van der Waals surface area (Å²) in [6.07, 6.45) is 11.9. The number of hydrogen-bond acceptors (Lipinski definition) is 4. The molecule has 2 aromatic heterocycles. The van der Waals surface area contributed by atoms with Crippen LogP contribution in [0.4, 0.5) is 0 Å². The molecule has 2 aromatic rings. The molecule has 0 amide bonds. The molecule has 5 heteroatoms. The van der Waals surface area contributed by atoms with Gasteiger partial charge in [0, 0.05) is 12.7 Å². The molecule has 0 bridgehead atoms. The number of hydrogen-bond donors (Lipinski definition) is 0. The van der Waals surface area contributed by atoms with Gasteiger partial charge in [-0.2, -0.15) is 16.7 Å². The van der Waals surface area contributed by atoms with Gasteiger partial charge >= 0.3 is 5.69 Å². The monoisotopic (exact) mass is 350 g/mol. The number of unbranched alkanes of at least 4 members (excludes halogenated alkanes) is 6. The summed E-state index contributed by atoms with van der Waals surface area (Å²) in [5.41, 5.74) is 0.263. The third-order valence-corrected chi connectivity index (χ3v) is 5.23. The Morgan fingerprint density at radius 2 is 1.83 bits per heavy atom. The zero-order chi connectivity index (χ0) is 17.2. The first-order valence-corrected chi connectivity index (χ1v) is 10.5. The van der Waals surface area contributed by atoms with Gasteiger partial charge in [0.2, 0.25) is 5.71 Å². The van der Waals surface area contributed by atoms with Gasteiger partial charge in [0.15, 0.2) is 0 Å². The van der Waals surface area contributed by atoms with Crippen LogP contribution in [0.15, 0.2) is 21.5 Å². The van der Waals surface area contributed by atoms with Crippen molar-refractivity contribution in [2.45, 2.75) is 77.5 Å². The molecule has 0 fully saturated rings. The summed E-state index contributed by atoms with van der Waals surface area (Å²) in [4.78, 5) is 16.0. The standard InChI is InChI=1S/C19H30N2O2S/c1-3-5-7-8-9-10-12-24-15-17-13-16-14-21(11-6-4-2)19(22)20-18(16)23-17/h13-14H,3-12,15H2,1-2H3. The Kier molecular flexibility index (Phi) is 8.43. The predicted octanol–water partition coefficient (Wildman–Crippen LogP) is 5.38.